The highest BCUT2D eigenvalue weighted by atomic mass is 16.5. The van der Waals surface area contributed by atoms with Crippen LogP contribution >= 0.6 is 0 Å². The van der Waals surface area contributed by atoms with Gasteiger partial charge in [-0.15, -0.1) is 0 Å². The minimum absolute atomic E-state index is 0.114. The lowest BCUT2D eigenvalue weighted by Crippen LogP contribution is -2.31. The number of hydrogen-bond acceptors (Lipinski definition) is 4. The summed E-state index contributed by atoms with van der Waals surface area (Å²) in [6.45, 7) is 1.19. The first kappa shape index (κ1) is 24.5. The molecule has 0 fully saturated rings. The SMILES string of the molecule is OCCCOc1ccc(C(c2ccccc2)(c2ccccc2)c2ccc(OCCCO)cc2)cc1. The van der Waals surface area contributed by atoms with Gasteiger partial charge in [0.2, 0.25) is 0 Å². The number of hydrogen-bond donors (Lipinski definition) is 2. The van der Waals surface area contributed by atoms with Crippen LogP contribution in [0.4, 0.5) is 0 Å². The molecule has 0 unspecified atom stereocenters. The molecule has 0 bridgehead atoms. The first-order chi connectivity index (χ1) is 17.3. The summed E-state index contributed by atoms with van der Waals surface area (Å²) in [6, 6.07) is 37.6. The number of aliphatic hydroxyl groups is 2. The van der Waals surface area contributed by atoms with Crippen molar-refractivity contribution in [2.45, 2.75) is 18.3 Å². The van der Waals surface area contributed by atoms with Crippen LogP contribution in [0.3, 0.4) is 0 Å². The van der Waals surface area contributed by atoms with Crippen LogP contribution in [0.5, 0.6) is 11.5 Å². The van der Waals surface area contributed by atoms with Crippen molar-refractivity contribution in [3.8, 4) is 11.5 Å². The van der Waals surface area contributed by atoms with Crippen LogP contribution in [0.15, 0.2) is 109 Å². The van der Waals surface area contributed by atoms with Crippen LogP contribution in [0.2, 0.25) is 0 Å². The average molecular weight is 469 g/mol. The molecule has 0 heterocycles. The Morgan fingerprint density at radius 2 is 0.800 bits per heavy atom. The molecule has 0 atom stereocenters. The van der Waals surface area contributed by atoms with E-state index in [1.165, 1.54) is 0 Å². The van der Waals surface area contributed by atoms with Crippen molar-refractivity contribution < 1.29 is 19.7 Å². The molecule has 0 aliphatic rings. The fourth-order valence-corrected chi connectivity index (χ4v) is 4.49. The normalized spacial score (nSPS) is 11.3. The van der Waals surface area contributed by atoms with E-state index in [0.29, 0.717) is 26.1 Å². The molecule has 0 saturated heterocycles. The number of rotatable bonds is 12. The van der Waals surface area contributed by atoms with Gasteiger partial charge in [-0.1, -0.05) is 84.9 Å². The van der Waals surface area contributed by atoms with E-state index in [-0.39, 0.29) is 13.2 Å². The van der Waals surface area contributed by atoms with Gasteiger partial charge in [0.1, 0.15) is 11.5 Å². The fraction of sp³-hybridized carbons (Fsp3) is 0.226. The van der Waals surface area contributed by atoms with E-state index in [0.717, 1.165) is 33.8 Å². The van der Waals surface area contributed by atoms with Crippen molar-refractivity contribution in [2.75, 3.05) is 26.4 Å². The summed E-state index contributed by atoms with van der Waals surface area (Å²) >= 11 is 0. The molecule has 4 heteroatoms. The van der Waals surface area contributed by atoms with Gasteiger partial charge >= 0.3 is 0 Å². The van der Waals surface area contributed by atoms with Crippen LogP contribution < -0.4 is 9.47 Å². The summed E-state index contributed by atoms with van der Waals surface area (Å²) in [5.74, 6) is 1.56. The zero-order chi connectivity index (χ0) is 24.3. The molecule has 4 aromatic carbocycles. The van der Waals surface area contributed by atoms with Crippen LogP contribution in [0.25, 0.3) is 0 Å². The van der Waals surface area contributed by atoms with Gasteiger partial charge < -0.3 is 19.7 Å². The first-order valence-corrected chi connectivity index (χ1v) is 12.1. The Hall–Kier alpha value is -3.60. The zero-order valence-electron chi connectivity index (χ0n) is 19.8. The molecule has 4 aromatic rings. The molecule has 0 amide bonds. The lowest BCUT2D eigenvalue weighted by Gasteiger charge is -2.37. The summed E-state index contributed by atoms with van der Waals surface area (Å²) in [5, 5.41) is 18.1. The van der Waals surface area contributed by atoms with E-state index in [2.05, 4.69) is 72.8 Å². The van der Waals surface area contributed by atoms with Crippen LogP contribution in [-0.2, 0) is 5.41 Å². The molecule has 0 aliphatic heterocycles. The van der Waals surface area contributed by atoms with E-state index >= 15 is 0 Å². The van der Waals surface area contributed by atoms with Crippen LogP contribution in [0, 0.1) is 0 Å². The molecule has 0 aromatic heterocycles. The Balaban J connectivity index is 1.84. The molecule has 0 spiro atoms. The Labute approximate surface area is 207 Å². The second-order valence-electron chi connectivity index (χ2n) is 8.38. The maximum absolute atomic E-state index is 9.05. The van der Waals surface area contributed by atoms with Crippen molar-refractivity contribution in [3.05, 3.63) is 131 Å². The minimum atomic E-state index is -0.546. The molecular formula is C31H32O4. The molecule has 4 rings (SSSR count). The lowest BCUT2D eigenvalue weighted by atomic mass is 9.65. The lowest BCUT2D eigenvalue weighted by molar-refractivity contribution is 0.233. The summed E-state index contributed by atoms with van der Waals surface area (Å²) in [6.07, 6.45) is 1.21. The van der Waals surface area contributed by atoms with Crippen molar-refractivity contribution in [3.63, 3.8) is 0 Å². The third-order valence-electron chi connectivity index (χ3n) is 6.13. The van der Waals surface area contributed by atoms with Gasteiger partial charge in [-0.25, -0.2) is 0 Å². The van der Waals surface area contributed by atoms with Gasteiger partial charge in [0.05, 0.1) is 18.6 Å². The summed E-state index contributed by atoms with van der Waals surface area (Å²) in [4.78, 5) is 0. The van der Waals surface area contributed by atoms with Crippen molar-refractivity contribution in [2.24, 2.45) is 0 Å². The van der Waals surface area contributed by atoms with E-state index in [4.69, 9.17) is 19.7 Å². The van der Waals surface area contributed by atoms with Gasteiger partial charge in [0, 0.05) is 26.1 Å². The van der Waals surface area contributed by atoms with Gasteiger partial charge in [-0.05, 0) is 46.5 Å². The Bertz CT molecular complexity index is 1050. The van der Waals surface area contributed by atoms with Crippen LogP contribution in [0.1, 0.15) is 35.1 Å². The highest BCUT2D eigenvalue weighted by Gasteiger charge is 2.38. The van der Waals surface area contributed by atoms with Gasteiger partial charge in [-0.3, -0.25) is 0 Å². The predicted octanol–water partition coefficient (Wildman–Crippen LogP) is 5.59. The van der Waals surface area contributed by atoms with Crippen molar-refractivity contribution in [1.29, 1.82) is 0 Å². The second kappa shape index (κ2) is 12.2. The third-order valence-corrected chi connectivity index (χ3v) is 6.13. The monoisotopic (exact) mass is 468 g/mol. The topological polar surface area (TPSA) is 58.9 Å². The molecular weight excluding hydrogens is 436 g/mol. The zero-order valence-corrected chi connectivity index (χ0v) is 19.8. The second-order valence-corrected chi connectivity index (χ2v) is 8.38. The molecule has 0 saturated carbocycles. The molecule has 2 N–H and O–H groups in total. The van der Waals surface area contributed by atoms with Gasteiger partial charge in [0.25, 0.3) is 0 Å². The maximum atomic E-state index is 9.05. The van der Waals surface area contributed by atoms with Gasteiger partial charge in [0.15, 0.2) is 0 Å². The molecule has 35 heavy (non-hydrogen) atoms. The largest absolute Gasteiger partial charge is 0.494 e. The summed E-state index contributed by atoms with van der Waals surface area (Å²) in [7, 11) is 0. The van der Waals surface area contributed by atoms with E-state index in [9.17, 15) is 0 Å². The van der Waals surface area contributed by atoms with Gasteiger partial charge in [-0.2, -0.15) is 0 Å². The fourth-order valence-electron chi connectivity index (χ4n) is 4.49. The molecule has 4 nitrogen and oxygen atoms in total. The number of benzene rings is 4. The Morgan fingerprint density at radius 1 is 0.457 bits per heavy atom. The summed E-state index contributed by atoms with van der Waals surface area (Å²) < 4.78 is 11.6. The minimum Gasteiger partial charge on any atom is -0.494 e. The van der Waals surface area contributed by atoms with Crippen molar-refractivity contribution in [1.82, 2.24) is 0 Å². The molecule has 0 radical (unpaired) electrons. The quantitative estimate of drug-likeness (QED) is 0.210. The summed E-state index contributed by atoms with van der Waals surface area (Å²) in [5.41, 5.74) is 4.02. The smallest absolute Gasteiger partial charge is 0.119 e. The maximum Gasteiger partial charge on any atom is 0.119 e. The highest BCUT2D eigenvalue weighted by Crippen LogP contribution is 2.45. The van der Waals surface area contributed by atoms with E-state index < -0.39 is 5.41 Å². The van der Waals surface area contributed by atoms with Crippen molar-refractivity contribution >= 4 is 0 Å². The number of ether oxygens (including phenoxy) is 2. The third kappa shape index (κ3) is 5.56. The van der Waals surface area contributed by atoms with E-state index in [1.54, 1.807) is 0 Å². The molecule has 0 aliphatic carbocycles. The van der Waals surface area contributed by atoms with E-state index in [1.807, 2.05) is 36.4 Å². The number of aliphatic hydroxyl groups excluding tert-OH is 2. The standard InChI is InChI=1S/C31H32O4/c32-21-7-23-34-29-17-13-27(14-18-29)31(25-9-3-1-4-10-25,26-11-5-2-6-12-26)28-15-19-30(20-16-28)35-24-8-22-33/h1-6,9-20,32-33H,7-8,21-24H2. The molecule has 180 valence electrons. The average Bonchev–Trinajstić information content (AvgIpc) is 2.92. The predicted molar refractivity (Wildman–Crippen MR) is 139 cm³/mol. The first-order valence-electron chi connectivity index (χ1n) is 12.1. The Morgan fingerprint density at radius 3 is 1.14 bits per heavy atom. The highest BCUT2D eigenvalue weighted by molar-refractivity contribution is 5.60. The van der Waals surface area contributed by atoms with Crippen LogP contribution in [-0.4, -0.2) is 36.6 Å². The Kier molecular flexibility index (Phi) is 8.55.